The number of carbonyl (C=O) groups excluding carboxylic acids is 1. The van der Waals surface area contributed by atoms with Crippen molar-refractivity contribution in [1.82, 2.24) is 0 Å². The van der Waals surface area contributed by atoms with Gasteiger partial charge in [0.25, 0.3) is 0 Å². The van der Waals surface area contributed by atoms with Gasteiger partial charge >= 0.3 is 0 Å². The van der Waals surface area contributed by atoms with Crippen LogP contribution in [0.4, 0.5) is 0 Å². The summed E-state index contributed by atoms with van der Waals surface area (Å²) in [5.41, 5.74) is -3.86. The summed E-state index contributed by atoms with van der Waals surface area (Å²) < 4.78 is 19.7. The van der Waals surface area contributed by atoms with Crippen LogP contribution in [0.25, 0.3) is 0 Å². The summed E-state index contributed by atoms with van der Waals surface area (Å²) in [5, 5.41) is 88.0. The van der Waals surface area contributed by atoms with E-state index in [4.69, 9.17) is 14.2 Å². The van der Waals surface area contributed by atoms with E-state index < -0.39 is 90.7 Å². The predicted octanol–water partition coefficient (Wildman–Crippen LogP) is 2.47. The summed E-state index contributed by atoms with van der Waals surface area (Å²) in [6.07, 6.45) is 0.780. The van der Waals surface area contributed by atoms with Gasteiger partial charge in [0.2, 0.25) is 0 Å². The van der Waals surface area contributed by atoms with Gasteiger partial charge in [-0.1, -0.05) is 27.7 Å². The number of fused-ring (bicyclic) bond motifs is 2. The van der Waals surface area contributed by atoms with Gasteiger partial charge < -0.3 is 59.9 Å². The summed E-state index contributed by atoms with van der Waals surface area (Å²) in [7, 11) is 0. The highest BCUT2D eigenvalue weighted by molar-refractivity contribution is 5.51. The van der Waals surface area contributed by atoms with Crippen molar-refractivity contribution in [3.8, 4) is 0 Å². The number of hydrogen-bond donors (Lipinski definition) is 8. The van der Waals surface area contributed by atoms with Crippen molar-refractivity contribution in [3.63, 3.8) is 0 Å². The molecule has 7 rings (SSSR count). The number of hydrogen-bond acceptors (Lipinski definition) is 12. The third kappa shape index (κ3) is 5.65. The average Bonchev–Trinajstić information content (AvgIpc) is 3.45. The van der Waals surface area contributed by atoms with Gasteiger partial charge in [-0.05, 0) is 124 Å². The molecule has 17 atom stereocenters. The van der Waals surface area contributed by atoms with Gasteiger partial charge in [0, 0.05) is 23.7 Å². The van der Waals surface area contributed by atoms with E-state index >= 15 is 0 Å². The highest BCUT2D eigenvalue weighted by Crippen LogP contribution is 2.89. The largest absolute Gasteiger partial charge is 0.396 e. The Kier molecular flexibility index (Phi) is 10.3. The minimum atomic E-state index is -1.44. The van der Waals surface area contributed by atoms with Crippen LogP contribution in [0.5, 0.6) is 0 Å². The van der Waals surface area contributed by atoms with Crippen LogP contribution in [0, 0.1) is 56.2 Å². The fourth-order valence-electron chi connectivity index (χ4n) is 15.1. The van der Waals surface area contributed by atoms with Crippen molar-refractivity contribution in [1.29, 1.82) is 0 Å². The summed E-state index contributed by atoms with van der Waals surface area (Å²) in [6, 6.07) is 0. The first-order chi connectivity index (χ1) is 25.1. The van der Waals surface area contributed by atoms with Crippen molar-refractivity contribution in [3.05, 3.63) is 0 Å². The lowest BCUT2D eigenvalue weighted by molar-refractivity contribution is -0.322. The smallest absolute Gasteiger partial charge is 0.163 e. The zero-order valence-electron chi connectivity index (χ0n) is 33.6. The van der Waals surface area contributed by atoms with Gasteiger partial charge in [0.05, 0.1) is 61.5 Å². The molecule has 0 amide bonds. The maximum Gasteiger partial charge on any atom is 0.163 e. The number of carbonyl (C=O) groups is 1. The van der Waals surface area contributed by atoms with Crippen molar-refractivity contribution in [2.75, 3.05) is 19.8 Å². The van der Waals surface area contributed by atoms with Crippen LogP contribution in [0.2, 0.25) is 0 Å². The molecule has 2 heterocycles. The van der Waals surface area contributed by atoms with Gasteiger partial charge in [-0.15, -0.1) is 0 Å². The normalized spacial score (nSPS) is 52.6. The third-order valence-electron chi connectivity index (χ3n) is 17.9. The number of rotatable bonds is 11. The van der Waals surface area contributed by atoms with Crippen LogP contribution in [0.3, 0.4) is 0 Å². The molecule has 2 aliphatic heterocycles. The number of aliphatic hydroxyl groups is 8. The highest BCUT2D eigenvalue weighted by atomic mass is 16.7. The van der Waals surface area contributed by atoms with Gasteiger partial charge in [-0.25, -0.2) is 0 Å². The fraction of sp³-hybridized carbons (Fsp3) is 0.976. The monoisotopic (exact) mass is 766 g/mol. The molecule has 8 N–H and O–H groups in total. The lowest BCUT2D eigenvalue weighted by Gasteiger charge is -2.65. The number of ether oxygens (including phenoxy) is 3. The van der Waals surface area contributed by atoms with Gasteiger partial charge in [0.15, 0.2) is 6.29 Å². The van der Waals surface area contributed by atoms with E-state index in [2.05, 4.69) is 34.6 Å². The van der Waals surface area contributed by atoms with E-state index in [-0.39, 0.29) is 58.4 Å². The van der Waals surface area contributed by atoms with Crippen molar-refractivity contribution in [2.45, 2.75) is 179 Å². The second kappa shape index (κ2) is 13.4. The van der Waals surface area contributed by atoms with Crippen LogP contribution in [0.1, 0.15) is 119 Å². The third-order valence-corrected chi connectivity index (χ3v) is 17.9. The summed E-state index contributed by atoms with van der Waals surface area (Å²) >= 11 is 0. The van der Waals surface area contributed by atoms with Gasteiger partial charge in [0.1, 0.15) is 18.5 Å². The molecule has 0 radical (unpaired) electrons. The molecule has 2 spiro atoms. The Morgan fingerprint density at radius 2 is 1.52 bits per heavy atom. The molecule has 0 aromatic rings. The van der Waals surface area contributed by atoms with Crippen molar-refractivity contribution >= 4 is 6.29 Å². The molecule has 12 nitrogen and oxygen atoms in total. The first-order valence-electron chi connectivity index (χ1n) is 20.8. The molecule has 12 heteroatoms. The summed E-state index contributed by atoms with van der Waals surface area (Å²) in [6.45, 7) is 13.2. The van der Waals surface area contributed by atoms with E-state index in [1.165, 1.54) is 0 Å². The fourth-order valence-corrected chi connectivity index (χ4v) is 15.1. The second-order valence-corrected chi connectivity index (χ2v) is 21.3. The van der Waals surface area contributed by atoms with Crippen LogP contribution >= 0.6 is 0 Å². The van der Waals surface area contributed by atoms with Crippen molar-refractivity contribution in [2.24, 2.45) is 56.2 Å². The Morgan fingerprint density at radius 1 is 0.833 bits per heavy atom. The SMILES string of the molecule is CC1(C2[C@@H](O)C[C@@]3(C)C4C[C@H](O)C5C(C)(C)[C@@H](OC6OC(CO)C(O)C(O)C6CC(CO)(CO)CC=O)CC[C@@]56C[C@@]46CC[C@]23C)CC[C@@H](C(C)(C)O)O1. The number of aliphatic hydroxyl groups excluding tert-OH is 7. The summed E-state index contributed by atoms with van der Waals surface area (Å²) in [4.78, 5) is 11.6. The first kappa shape index (κ1) is 41.4. The average molecular weight is 767 g/mol. The number of aldehydes is 1. The molecule has 7 fully saturated rings. The van der Waals surface area contributed by atoms with Gasteiger partial charge in [-0.2, -0.15) is 0 Å². The molecule has 0 aromatic carbocycles. The Bertz CT molecular complexity index is 1410. The minimum Gasteiger partial charge on any atom is -0.396 e. The molecule has 0 bridgehead atoms. The molecule has 7 aliphatic rings. The molecule has 310 valence electrons. The molecule has 0 aromatic heterocycles. The maximum absolute atomic E-state index is 12.4. The molecule has 5 aliphatic carbocycles. The lowest BCUT2D eigenvalue weighted by atomic mass is 9.41. The van der Waals surface area contributed by atoms with Crippen LogP contribution in [-0.4, -0.2) is 127 Å². The van der Waals surface area contributed by atoms with E-state index in [9.17, 15) is 45.6 Å². The quantitative estimate of drug-likeness (QED) is 0.113. The molecular weight excluding hydrogens is 696 g/mol. The Hall–Kier alpha value is -0.770. The summed E-state index contributed by atoms with van der Waals surface area (Å²) in [5.74, 6) is -0.877. The standard InChI is InChI=1S/C42H70O12/c1-35(2)28(53-34-23(17-40(21-45,22-46)14-15-43)30(49)31(50)26(19-44)52-34)9-11-42-20-41(42)13-12-37(5)33(39(7)10-8-29(54-39)36(3,4)51)25(48)18-38(37,6)27(41)16-24(47)32(35)42/h15,23-34,44-51H,8-14,16-22H2,1-7H3/t23?,24-,25-,26?,27?,28-,29-,30?,31?,32?,33?,34?,37+,38-,39?,41-,42+/m0/s1. The molecule has 5 saturated carbocycles. The lowest BCUT2D eigenvalue weighted by Crippen LogP contribution is -2.63. The molecular formula is C42H70O12. The molecule has 2 saturated heterocycles. The molecule has 54 heavy (non-hydrogen) atoms. The second-order valence-electron chi connectivity index (χ2n) is 21.3. The maximum atomic E-state index is 12.4. The zero-order chi connectivity index (χ0) is 39.7. The van der Waals surface area contributed by atoms with E-state index in [1.807, 2.05) is 0 Å². The first-order valence-corrected chi connectivity index (χ1v) is 20.8. The van der Waals surface area contributed by atoms with Crippen LogP contribution in [-0.2, 0) is 19.0 Å². The Morgan fingerprint density at radius 3 is 2.11 bits per heavy atom. The van der Waals surface area contributed by atoms with E-state index in [0.29, 0.717) is 25.5 Å². The Labute approximate surface area is 321 Å². The van der Waals surface area contributed by atoms with Crippen LogP contribution in [0.15, 0.2) is 0 Å². The molecule has 9 unspecified atom stereocenters. The van der Waals surface area contributed by atoms with Gasteiger partial charge in [-0.3, -0.25) is 0 Å². The van der Waals surface area contributed by atoms with Crippen LogP contribution < -0.4 is 0 Å². The van der Waals surface area contributed by atoms with E-state index in [1.54, 1.807) is 13.8 Å². The minimum absolute atomic E-state index is 0.0257. The topological polar surface area (TPSA) is 207 Å². The highest BCUT2D eigenvalue weighted by Gasteiger charge is 2.85. The predicted molar refractivity (Wildman–Crippen MR) is 196 cm³/mol. The van der Waals surface area contributed by atoms with E-state index in [0.717, 1.165) is 38.5 Å². The van der Waals surface area contributed by atoms with Crippen molar-refractivity contribution < 1.29 is 59.9 Å². The Balaban J connectivity index is 1.15. The zero-order valence-corrected chi connectivity index (χ0v) is 33.6.